The van der Waals surface area contributed by atoms with E-state index in [0.29, 0.717) is 6.54 Å². The fourth-order valence-corrected chi connectivity index (χ4v) is 2.96. The summed E-state index contributed by atoms with van der Waals surface area (Å²) in [6.45, 7) is 0.713. The van der Waals surface area contributed by atoms with E-state index in [4.69, 9.17) is 10.5 Å². The summed E-state index contributed by atoms with van der Waals surface area (Å²) in [5.41, 5.74) is 5.79. The number of hydrogen-bond donors (Lipinski definition) is 1. The van der Waals surface area contributed by atoms with Crippen molar-refractivity contribution in [3.05, 3.63) is 0 Å². The fourth-order valence-electron chi connectivity index (χ4n) is 2.96. The summed E-state index contributed by atoms with van der Waals surface area (Å²) < 4.78 is 5.51. The standard InChI is InChI=1S/C9H17NO/c1-11-9(6-10)5-7-3-2-4-8(7)9/h7-8H,2-6,10H2,1H3/t7-,8-,9?/m0/s1. The van der Waals surface area contributed by atoms with E-state index in [2.05, 4.69) is 0 Å². The summed E-state index contributed by atoms with van der Waals surface area (Å²) >= 11 is 0. The van der Waals surface area contributed by atoms with Crippen molar-refractivity contribution in [1.82, 2.24) is 0 Å². The van der Waals surface area contributed by atoms with Crippen LogP contribution >= 0.6 is 0 Å². The summed E-state index contributed by atoms with van der Waals surface area (Å²) in [7, 11) is 1.81. The van der Waals surface area contributed by atoms with Crippen molar-refractivity contribution >= 4 is 0 Å². The molecule has 2 N–H and O–H groups in total. The molecule has 2 nitrogen and oxygen atoms in total. The molecule has 1 unspecified atom stereocenters. The van der Waals surface area contributed by atoms with Gasteiger partial charge in [-0.25, -0.2) is 0 Å². The van der Waals surface area contributed by atoms with Crippen molar-refractivity contribution in [2.45, 2.75) is 31.3 Å². The molecule has 64 valence electrons. The van der Waals surface area contributed by atoms with Crippen molar-refractivity contribution in [1.29, 1.82) is 0 Å². The predicted molar refractivity (Wildman–Crippen MR) is 44.2 cm³/mol. The number of fused-ring (bicyclic) bond motifs is 1. The van der Waals surface area contributed by atoms with Gasteiger partial charge in [-0.15, -0.1) is 0 Å². The van der Waals surface area contributed by atoms with Crippen LogP contribution in [0.15, 0.2) is 0 Å². The predicted octanol–water partition coefficient (Wildman–Crippen LogP) is 1.15. The lowest BCUT2D eigenvalue weighted by atomic mass is 9.63. The number of ether oxygens (including phenoxy) is 1. The first-order valence-electron chi connectivity index (χ1n) is 4.57. The zero-order valence-electron chi connectivity index (χ0n) is 7.18. The molecule has 2 fully saturated rings. The Morgan fingerprint density at radius 1 is 1.55 bits per heavy atom. The second-order valence-electron chi connectivity index (χ2n) is 3.97. The van der Waals surface area contributed by atoms with Crippen LogP contribution in [0.25, 0.3) is 0 Å². The first-order valence-corrected chi connectivity index (χ1v) is 4.57. The molecular weight excluding hydrogens is 138 g/mol. The van der Waals surface area contributed by atoms with Crippen molar-refractivity contribution in [3.63, 3.8) is 0 Å². The molecule has 0 aromatic carbocycles. The molecule has 0 aromatic rings. The highest BCUT2D eigenvalue weighted by atomic mass is 16.5. The maximum Gasteiger partial charge on any atom is 0.0833 e. The third-order valence-corrected chi connectivity index (χ3v) is 3.69. The van der Waals surface area contributed by atoms with E-state index in [1.165, 1.54) is 25.7 Å². The molecule has 0 spiro atoms. The highest BCUT2D eigenvalue weighted by molar-refractivity contribution is 5.06. The molecule has 0 bridgehead atoms. The molecule has 0 amide bonds. The van der Waals surface area contributed by atoms with E-state index >= 15 is 0 Å². The molecule has 2 aliphatic rings. The number of hydrogen-bond acceptors (Lipinski definition) is 2. The molecule has 2 rings (SSSR count). The monoisotopic (exact) mass is 155 g/mol. The summed E-state index contributed by atoms with van der Waals surface area (Å²) in [6, 6.07) is 0. The van der Waals surface area contributed by atoms with Gasteiger partial charge in [-0.3, -0.25) is 0 Å². The molecular formula is C9H17NO. The van der Waals surface area contributed by atoms with Crippen LogP contribution in [-0.4, -0.2) is 19.3 Å². The van der Waals surface area contributed by atoms with E-state index in [1.807, 2.05) is 0 Å². The minimum atomic E-state index is 0.0845. The third kappa shape index (κ3) is 0.859. The van der Waals surface area contributed by atoms with Gasteiger partial charge in [0, 0.05) is 13.7 Å². The smallest absolute Gasteiger partial charge is 0.0833 e. The van der Waals surface area contributed by atoms with Crippen LogP contribution in [0.4, 0.5) is 0 Å². The highest BCUT2D eigenvalue weighted by Crippen LogP contribution is 2.54. The maximum atomic E-state index is 5.71. The van der Waals surface area contributed by atoms with Gasteiger partial charge in [-0.1, -0.05) is 6.42 Å². The Morgan fingerprint density at radius 3 is 2.91 bits per heavy atom. The average molecular weight is 155 g/mol. The van der Waals surface area contributed by atoms with Crippen LogP contribution < -0.4 is 5.73 Å². The molecule has 0 heterocycles. The summed E-state index contributed by atoms with van der Waals surface area (Å²) in [5, 5.41) is 0. The largest absolute Gasteiger partial charge is 0.377 e. The molecule has 2 aliphatic carbocycles. The van der Waals surface area contributed by atoms with Gasteiger partial charge in [-0.2, -0.15) is 0 Å². The zero-order chi connectivity index (χ0) is 7.90. The Labute approximate surface area is 68.1 Å². The Hall–Kier alpha value is -0.0800. The van der Waals surface area contributed by atoms with Crippen LogP contribution in [0, 0.1) is 11.8 Å². The van der Waals surface area contributed by atoms with Gasteiger partial charge in [0.1, 0.15) is 0 Å². The molecule has 0 aliphatic heterocycles. The van der Waals surface area contributed by atoms with E-state index in [9.17, 15) is 0 Å². The third-order valence-electron chi connectivity index (χ3n) is 3.69. The first-order chi connectivity index (χ1) is 5.32. The fraction of sp³-hybridized carbons (Fsp3) is 1.00. The lowest BCUT2D eigenvalue weighted by Crippen LogP contribution is -2.57. The summed E-state index contributed by atoms with van der Waals surface area (Å²) in [6.07, 6.45) is 5.36. The van der Waals surface area contributed by atoms with E-state index < -0.39 is 0 Å². The second-order valence-corrected chi connectivity index (χ2v) is 3.97. The van der Waals surface area contributed by atoms with Crippen LogP contribution in [0.5, 0.6) is 0 Å². The Morgan fingerprint density at radius 2 is 2.36 bits per heavy atom. The first kappa shape index (κ1) is 7.56. The Kier molecular flexibility index (Phi) is 1.69. The summed E-state index contributed by atoms with van der Waals surface area (Å²) in [4.78, 5) is 0. The lowest BCUT2D eigenvalue weighted by molar-refractivity contribution is -0.143. The molecule has 0 aromatic heterocycles. The molecule has 0 saturated heterocycles. The van der Waals surface area contributed by atoms with E-state index in [1.54, 1.807) is 7.11 Å². The zero-order valence-corrected chi connectivity index (χ0v) is 7.18. The van der Waals surface area contributed by atoms with Gasteiger partial charge in [0.2, 0.25) is 0 Å². The summed E-state index contributed by atoms with van der Waals surface area (Å²) in [5.74, 6) is 1.73. The number of rotatable bonds is 2. The average Bonchev–Trinajstić information content (AvgIpc) is 2.37. The minimum absolute atomic E-state index is 0.0845. The van der Waals surface area contributed by atoms with Gasteiger partial charge in [0.05, 0.1) is 5.60 Å². The van der Waals surface area contributed by atoms with E-state index in [0.717, 1.165) is 11.8 Å². The van der Waals surface area contributed by atoms with Gasteiger partial charge >= 0.3 is 0 Å². The van der Waals surface area contributed by atoms with Gasteiger partial charge < -0.3 is 10.5 Å². The molecule has 2 heteroatoms. The minimum Gasteiger partial charge on any atom is -0.377 e. The Bertz CT molecular complexity index is 154. The second kappa shape index (κ2) is 2.46. The SMILES string of the molecule is COC1(CN)C[C@@H]2CCC[C@@H]21. The van der Waals surface area contributed by atoms with Crippen molar-refractivity contribution in [2.75, 3.05) is 13.7 Å². The van der Waals surface area contributed by atoms with Crippen LogP contribution in [0.3, 0.4) is 0 Å². The normalized spacial score (nSPS) is 48.5. The van der Waals surface area contributed by atoms with Crippen LogP contribution in [-0.2, 0) is 4.74 Å². The number of methoxy groups -OCH3 is 1. The topological polar surface area (TPSA) is 35.2 Å². The molecule has 3 atom stereocenters. The molecule has 11 heavy (non-hydrogen) atoms. The van der Waals surface area contributed by atoms with Crippen molar-refractivity contribution in [2.24, 2.45) is 17.6 Å². The maximum absolute atomic E-state index is 5.71. The lowest BCUT2D eigenvalue weighted by Gasteiger charge is -2.51. The highest BCUT2D eigenvalue weighted by Gasteiger charge is 2.54. The van der Waals surface area contributed by atoms with E-state index in [-0.39, 0.29) is 5.60 Å². The van der Waals surface area contributed by atoms with Gasteiger partial charge in [-0.05, 0) is 31.1 Å². The van der Waals surface area contributed by atoms with Crippen LogP contribution in [0.1, 0.15) is 25.7 Å². The number of nitrogens with two attached hydrogens (primary N) is 1. The quantitative estimate of drug-likeness (QED) is 0.649. The molecule has 0 radical (unpaired) electrons. The van der Waals surface area contributed by atoms with Gasteiger partial charge in [0.15, 0.2) is 0 Å². The Balaban J connectivity index is 2.06. The molecule has 2 saturated carbocycles. The van der Waals surface area contributed by atoms with Crippen molar-refractivity contribution < 1.29 is 4.74 Å². The van der Waals surface area contributed by atoms with Crippen molar-refractivity contribution in [3.8, 4) is 0 Å². The van der Waals surface area contributed by atoms with Gasteiger partial charge in [0.25, 0.3) is 0 Å². The van der Waals surface area contributed by atoms with Crippen LogP contribution in [0.2, 0.25) is 0 Å².